The van der Waals surface area contributed by atoms with E-state index in [4.69, 9.17) is 11.6 Å². The molecule has 1 N–H and O–H groups in total. The number of nitrogens with one attached hydrogen (secondary N) is 1. The molecule has 0 fully saturated rings. The number of halogens is 5. The molecule has 0 saturated heterocycles. The molecule has 3 rings (SSSR count). The average Bonchev–Trinajstić information content (AvgIpc) is 2.87. The van der Waals surface area contributed by atoms with E-state index in [1.807, 2.05) is 0 Å². The summed E-state index contributed by atoms with van der Waals surface area (Å²) >= 11 is 6.69. The number of thiazole rings is 1. The molecule has 9 heteroatoms. The van der Waals surface area contributed by atoms with Crippen LogP contribution in [-0.4, -0.2) is 10.9 Å². The van der Waals surface area contributed by atoms with Gasteiger partial charge in [-0.25, -0.2) is 9.37 Å². The highest BCUT2D eigenvalue weighted by Crippen LogP contribution is 2.37. The van der Waals surface area contributed by atoms with Crippen molar-refractivity contribution < 1.29 is 22.4 Å². The van der Waals surface area contributed by atoms with Crippen molar-refractivity contribution in [3.8, 4) is 0 Å². The minimum atomic E-state index is -4.55. The van der Waals surface area contributed by atoms with Gasteiger partial charge in [-0.1, -0.05) is 29.0 Å². The van der Waals surface area contributed by atoms with Gasteiger partial charge in [0.15, 0.2) is 5.13 Å². The highest BCUT2D eigenvalue weighted by Gasteiger charge is 2.33. The number of rotatable bonds is 2. The van der Waals surface area contributed by atoms with E-state index < -0.39 is 23.5 Å². The van der Waals surface area contributed by atoms with Gasteiger partial charge in [0.05, 0.1) is 26.4 Å². The minimum Gasteiger partial charge on any atom is -0.298 e. The molecule has 1 amide bonds. The third kappa shape index (κ3) is 3.20. The summed E-state index contributed by atoms with van der Waals surface area (Å²) in [6.45, 7) is 0. The van der Waals surface area contributed by atoms with Crippen molar-refractivity contribution >= 4 is 44.2 Å². The largest absolute Gasteiger partial charge is 0.418 e. The molecule has 0 saturated carbocycles. The van der Waals surface area contributed by atoms with Crippen molar-refractivity contribution in [3.05, 3.63) is 58.4 Å². The summed E-state index contributed by atoms with van der Waals surface area (Å²) in [5.41, 5.74) is -1.12. The lowest BCUT2D eigenvalue weighted by atomic mass is 10.2. The second kappa shape index (κ2) is 6.03. The van der Waals surface area contributed by atoms with Gasteiger partial charge in [-0.2, -0.15) is 13.2 Å². The zero-order chi connectivity index (χ0) is 17.5. The maximum absolute atomic E-state index is 13.0. The summed E-state index contributed by atoms with van der Waals surface area (Å²) in [6, 6.07) is 6.87. The number of nitrogens with zero attached hydrogens (tertiary/aromatic N) is 1. The summed E-state index contributed by atoms with van der Waals surface area (Å²) in [4.78, 5) is 16.0. The summed E-state index contributed by atoms with van der Waals surface area (Å²) < 4.78 is 52.2. The summed E-state index contributed by atoms with van der Waals surface area (Å²) in [5.74, 6) is -1.29. The van der Waals surface area contributed by atoms with Crippen molar-refractivity contribution in [1.82, 2.24) is 4.98 Å². The molecule has 124 valence electrons. The average molecular weight is 375 g/mol. The van der Waals surface area contributed by atoms with Crippen molar-refractivity contribution in [3.63, 3.8) is 0 Å². The summed E-state index contributed by atoms with van der Waals surface area (Å²) in [7, 11) is 0. The van der Waals surface area contributed by atoms with Crippen LogP contribution in [0.2, 0.25) is 5.02 Å². The Bertz CT molecular complexity index is 939. The molecule has 0 aliphatic carbocycles. The Hall–Kier alpha value is -2.19. The number of amides is 1. The highest BCUT2D eigenvalue weighted by molar-refractivity contribution is 7.22. The monoisotopic (exact) mass is 374 g/mol. The van der Waals surface area contributed by atoms with E-state index in [0.717, 1.165) is 29.5 Å². The van der Waals surface area contributed by atoms with E-state index in [9.17, 15) is 22.4 Å². The van der Waals surface area contributed by atoms with Crippen molar-refractivity contribution in [2.75, 3.05) is 5.32 Å². The Morgan fingerprint density at radius 2 is 1.96 bits per heavy atom. The molecule has 2 aromatic carbocycles. The first kappa shape index (κ1) is 16.7. The van der Waals surface area contributed by atoms with Crippen molar-refractivity contribution in [1.29, 1.82) is 0 Å². The first-order valence-electron chi connectivity index (χ1n) is 6.49. The number of hydrogen-bond donors (Lipinski definition) is 1. The molecule has 3 nitrogen and oxygen atoms in total. The maximum Gasteiger partial charge on any atom is 0.418 e. The second-order valence-corrected chi connectivity index (χ2v) is 6.19. The Labute approximate surface area is 141 Å². The van der Waals surface area contributed by atoms with Gasteiger partial charge in [0.25, 0.3) is 5.91 Å². The fourth-order valence-corrected chi connectivity index (χ4v) is 3.21. The Kier molecular flexibility index (Phi) is 4.18. The number of alkyl halides is 3. The fraction of sp³-hybridized carbons (Fsp3) is 0.0667. The molecule has 1 heterocycles. The van der Waals surface area contributed by atoms with E-state index in [1.165, 1.54) is 18.2 Å². The van der Waals surface area contributed by atoms with Crippen molar-refractivity contribution in [2.24, 2.45) is 0 Å². The van der Waals surface area contributed by atoms with Gasteiger partial charge in [0.1, 0.15) is 5.82 Å². The van der Waals surface area contributed by atoms with E-state index in [2.05, 4.69) is 10.3 Å². The molecular formula is C15H7ClF4N2OS. The van der Waals surface area contributed by atoms with E-state index in [-0.39, 0.29) is 25.9 Å². The van der Waals surface area contributed by atoms with Gasteiger partial charge in [-0.3, -0.25) is 10.1 Å². The molecule has 1 aromatic heterocycles. The lowest BCUT2D eigenvalue weighted by Crippen LogP contribution is -2.12. The topological polar surface area (TPSA) is 42.0 Å². The van der Waals surface area contributed by atoms with Crippen molar-refractivity contribution in [2.45, 2.75) is 6.18 Å². The van der Waals surface area contributed by atoms with Gasteiger partial charge in [-0.05, 0) is 30.3 Å². The third-order valence-corrected chi connectivity index (χ3v) is 4.37. The standard InChI is InChI=1S/C15H7ClF4N2OS/c16-10-6-7(17)4-5-8(10)13(23)22-14-21-12-9(15(18,19)20)2-1-3-11(12)24-14/h1-6H,(H,21,22,23). The number of fused-ring (bicyclic) bond motifs is 1. The van der Waals surface area contributed by atoms with Crippen LogP contribution in [0.3, 0.4) is 0 Å². The van der Waals surface area contributed by atoms with Crippen LogP contribution < -0.4 is 5.32 Å². The molecule has 0 aliphatic rings. The van der Waals surface area contributed by atoms with Crippen LogP contribution in [0.5, 0.6) is 0 Å². The first-order chi connectivity index (χ1) is 11.3. The number of carbonyl (C=O) groups excluding carboxylic acids is 1. The molecule has 0 atom stereocenters. The van der Waals surface area contributed by atoms with E-state index in [1.54, 1.807) is 0 Å². The third-order valence-electron chi connectivity index (χ3n) is 3.12. The molecule has 0 bridgehead atoms. The summed E-state index contributed by atoms with van der Waals surface area (Å²) in [6.07, 6.45) is -4.55. The van der Waals surface area contributed by atoms with Gasteiger partial charge >= 0.3 is 6.18 Å². The predicted octanol–water partition coefficient (Wildman–Crippen LogP) is 5.36. The molecule has 3 aromatic rings. The lowest BCUT2D eigenvalue weighted by Gasteiger charge is -2.06. The Morgan fingerprint density at radius 3 is 2.62 bits per heavy atom. The number of anilines is 1. The SMILES string of the molecule is O=C(Nc1nc2c(C(F)(F)F)cccc2s1)c1ccc(F)cc1Cl. The quantitative estimate of drug-likeness (QED) is 0.613. The van der Waals surface area contributed by atoms with Crippen LogP contribution in [0, 0.1) is 5.82 Å². The summed E-state index contributed by atoms with van der Waals surface area (Å²) in [5, 5.41) is 2.27. The van der Waals surface area contributed by atoms with Gasteiger partial charge in [-0.15, -0.1) is 0 Å². The maximum atomic E-state index is 13.0. The minimum absolute atomic E-state index is 0.00614. The van der Waals surface area contributed by atoms with E-state index >= 15 is 0 Å². The van der Waals surface area contributed by atoms with Crippen LogP contribution >= 0.6 is 22.9 Å². The molecule has 24 heavy (non-hydrogen) atoms. The Balaban J connectivity index is 1.95. The van der Waals surface area contributed by atoms with Gasteiger partial charge in [0, 0.05) is 0 Å². The Morgan fingerprint density at radius 1 is 1.21 bits per heavy atom. The zero-order valence-electron chi connectivity index (χ0n) is 11.6. The first-order valence-corrected chi connectivity index (χ1v) is 7.68. The lowest BCUT2D eigenvalue weighted by molar-refractivity contribution is -0.136. The van der Waals surface area contributed by atoms with Gasteiger partial charge < -0.3 is 0 Å². The number of para-hydroxylation sites is 1. The number of carbonyl (C=O) groups is 1. The molecule has 0 radical (unpaired) electrons. The highest BCUT2D eigenvalue weighted by atomic mass is 35.5. The molecular weight excluding hydrogens is 368 g/mol. The van der Waals surface area contributed by atoms with Crippen LogP contribution in [-0.2, 0) is 6.18 Å². The predicted molar refractivity (Wildman–Crippen MR) is 84.0 cm³/mol. The molecule has 0 aliphatic heterocycles. The molecule has 0 unspecified atom stereocenters. The molecule has 0 spiro atoms. The van der Waals surface area contributed by atoms with Crippen LogP contribution in [0.1, 0.15) is 15.9 Å². The number of hydrogen-bond acceptors (Lipinski definition) is 3. The zero-order valence-corrected chi connectivity index (χ0v) is 13.2. The number of aromatic nitrogens is 1. The second-order valence-electron chi connectivity index (χ2n) is 4.75. The van der Waals surface area contributed by atoms with Gasteiger partial charge in [0.2, 0.25) is 0 Å². The normalized spacial score (nSPS) is 11.7. The van der Waals surface area contributed by atoms with Crippen LogP contribution in [0.15, 0.2) is 36.4 Å². The van der Waals surface area contributed by atoms with Crippen LogP contribution in [0.25, 0.3) is 10.2 Å². The van der Waals surface area contributed by atoms with E-state index in [0.29, 0.717) is 0 Å². The van der Waals surface area contributed by atoms with Crippen LogP contribution in [0.4, 0.5) is 22.7 Å². The smallest absolute Gasteiger partial charge is 0.298 e. The fourth-order valence-electron chi connectivity index (χ4n) is 2.07. The number of benzene rings is 2.